The van der Waals surface area contributed by atoms with Crippen molar-refractivity contribution >= 4 is 17.5 Å². The van der Waals surface area contributed by atoms with Crippen molar-refractivity contribution in [3.63, 3.8) is 0 Å². The molecule has 0 saturated heterocycles. The molecule has 2 rings (SSSR count). The zero-order chi connectivity index (χ0) is 12.4. The van der Waals surface area contributed by atoms with Gasteiger partial charge in [0, 0.05) is 19.8 Å². The van der Waals surface area contributed by atoms with Gasteiger partial charge in [0.05, 0.1) is 11.3 Å². The number of nitrogens with zero attached hydrogens (tertiary/aromatic N) is 2. The first kappa shape index (κ1) is 11.7. The van der Waals surface area contributed by atoms with E-state index in [0.717, 1.165) is 12.5 Å². The van der Waals surface area contributed by atoms with E-state index in [1.165, 1.54) is 31.5 Å². The number of carbonyl (C=O) groups is 1. The van der Waals surface area contributed by atoms with Gasteiger partial charge in [0.15, 0.2) is 5.82 Å². The van der Waals surface area contributed by atoms with Gasteiger partial charge in [0.1, 0.15) is 0 Å². The number of aromatic carboxylic acids is 1. The van der Waals surface area contributed by atoms with E-state index in [0.29, 0.717) is 11.5 Å². The van der Waals surface area contributed by atoms with Gasteiger partial charge in [-0.15, -0.1) is 0 Å². The summed E-state index contributed by atoms with van der Waals surface area (Å²) in [5, 5.41) is 8.82. The van der Waals surface area contributed by atoms with Gasteiger partial charge in [-0.25, -0.2) is 9.78 Å². The lowest BCUT2D eigenvalue weighted by Gasteiger charge is -2.31. The SMILES string of the molecule is CN(CC1CCC1)c1ncc(C(=O)O)cc1N. The van der Waals surface area contributed by atoms with E-state index in [-0.39, 0.29) is 5.56 Å². The summed E-state index contributed by atoms with van der Waals surface area (Å²) in [7, 11) is 1.94. The van der Waals surface area contributed by atoms with Gasteiger partial charge in [0.2, 0.25) is 0 Å². The van der Waals surface area contributed by atoms with Gasteiger partial charge >= 0.3 is 5.97 Å². The zero-order valence-corrected chi connectivity index (χ0v) is 9.89. The number of pyridine rings is 1. The first-order chi connectivity index (χ1) is 8.08. The Morgan fingerprint density at radius 3 is 2.82 bits per heavy atom. The molecule has 0 radical (unpaired) electrons. The van der Waals surface area contributed by atoms with Crippen molar-refractivity contribution in [2.24, 2.45) is 5.92 Å². The van der Waals surface area contributed by atoms with Crippen LogP contribution in [0.2, 0.25) is 0 Å². The molecule has 5 heteroatoms. The highest BCUT2D eigenvalue weighted by molar-refractivity contribution is 5.89. The molecule has 1 saturated carbocycles. The third-order valence-corrected chi connectivity index (χ3v) is 3.26. The van der Waals surface area contributed by atoms with Crippen molar-refractivity contribution in [3.05, 3.63) is 17.8 Å². The zero-order valence-electron chi connectivity index (χ0n) is 9.89. The van der Waals surface area contributed by atoms with Crippen LogP contribution in [0.15, 0.2) is 12.3 Å². The lowest BCUT2D eigenvalue weighted by Crippen LogP contribution is -2.30. The summed E-state index contributed by atoms with van der Waals surface area (Å²) in [5.41, 5.74) is 6.38. The van der Waals surface area contributed by atoms with Crippen molar-refractivity contribution in [2.75, 3.05) is 24.2 Å². The van der Waals surface area contributed by atoms with E-state index in [1.807, 2.05) is 11.9 Å². The van der Waals surface area contributed by atoms with Crippen LogP contribution in [0.1, 0.15) is 29.6 Å². The number of rotatable bonds is 4. The molecule has 1 aromatic rings. The second-order valence-electron chi connectivity index (χ2n) is 4.62. The van der Waals surface area contributed by atoms with Gasteiger partial charge in [-0.1, -0.05) is 6.42 Å². The monoisotopic (exact) mass is 235 g/mol. The summed E-state index contributed by atoms with van der Waals surface area (Å²) in [6.45, 7) is 0.934. The summed E-state index contributed by atoms with van der Waals surface area (Å²) in [6, 6.07) is 1.46. The van der Waals surface area contributed by atoms with Crippen LogP contribution in [0.25, 0.3) is 0 Å². The maximum atomic E-state index is 10.8. The van der Waals surface area contributed by atoms with Gasteiger partial charge < -0.3 is 15.7 Å². The molecule has 0 aliphatic heterocycles. The number of anilines is 2. The normalized spacial score (nSPS) is 15.4. The predicted molar refractivity (Wildman–Crippen MR) is 66.2 cm³/mol. The maximum Gasteiger partial charge on any atom is 0.337 e. The van der Waals surface area contributed by atoms with Gasteiger partial charge in [0.25, 0.3) is 0 Å². The van der Waals surface area contributed by atoms with Crippen molar-refractivity contribution in [2.45, 2.75) is 19.3 Å². The first-order valence-electron chi connectivity index (χ1n) is 5.78. The van der Waals surface area contributed by atoms with Crippen molar-refractivity contribution in [1.82, 2.24) is 4.98 Å². The van der Waals surface area contributed by atoms with E-state index in [9.17, 15) is 4.79 Å². The summed E-state index contributed by atoms with van der Waals surface area (Å²) in [4.78, 5) is 16.9. The molecule has 1 heterocycles. The van der Waals surface area contributed by atoms with Crippen LogP contribution in [-0.2, 0) is 0 Å². The Morgan fingerprint density at radius 1 is 1.65 bits per heavy atom. The van der Waals surface area contributed by atoms with E-state index in [1.54, 1.807) is 0 Å². The van der Waals surface area contributed by atoms with Gasteiger partial charge in [-0.05, 0) is 24.8 Å². The van der Waals surface area contributed by atoms with E-state index in [2.05, 4.69) is 4.98 Å². The number of nitrogens with two attached hydrogens (primary N) is 1. The first-order valence-corrected chi connectivity index (χ1v) is 5.78. The minimum Gasteiger partial charge on any atom is -0.478 e. The Kier molecular flexibility index (Phi) is 3.17. The standard InChI is InChI=1S/C12H17N3O2/c1-15(7-8-3-2-4-8)11-10(13)5-9(6-14-11)12(16)17/h5-6,8H,2-4,7,13H2,1H3,(H,16,17). The molecule has 1 aromatic heterocycles. The number of hydrogen-bond acceptors (Lipinski definition) is 4. The Balaban J connectivity index is 2.11. The van der Waals surface area contributed by atoms with Gasteiger partial charge in [-0.3, -0.25) is 0 Å². The van der Waals surface area contributed by atoms with Crippen molar-refractivity contribution in [1.29, 1.82) is 0 Å². The van der Waals surface area contributed by atoms with Crippen molar-refractivity contribution in [3.8, 4) is 0 Å². The van der Waals surface area contributed by atoms with Gasteiger partial charge in [-0.2, -0.15) is 0 Å². The topological polar surface area (TPSA) is 79.5 Å². The quantitative estimate of drug-likeness (QED) is 0.828. The fourth-order valence-electron chi connectivity index (χ4n) is 2.06. The number of carboxylic acids is 1. The highest BCUT2D eigenvalue weighted by Crippen LogP contribution is 2.29. The molecule has 0 aromatic carbocycles. The Morgan fingerprint density at radius 2 is 2.35 bits per heavy atom. The van der Waals surface area contributed by atoms with Crippen molar-refractivity contribution < 1.29 is 9.90 Å². The fraction of sp³-hybridized carbons (Fsp3) is 0.500. The molecular formula is C12H17N3O2. The minimum absolute atomic E-state index is 0.128. The second-order valence-corrected chi connectivity index (χ2v) is 4.62. The molecule has 0 unspecified atom stereocenters. The summed E-state index contributed by atoms with van der Waals surface area (Å²) < 4.78 is 0. The van der Waals surface area contributed by atoms with E-state index in [4.69, 9.17) is 10.8 Å². The molecule has 1 aliphatic rings. The molecule has 5 nitrogen and oxygen atoms in total. The molecule has 0 spiro atoms. The molecule has 0 bridgehead atoms. The lowest BCUT2D eigenvalue weighted by molar-refractivity contribution is 0.0696. The molecule has 1 fully saturated rings. The minimum atomic E-state index is -1.00. The number of hydrogen-bond donors (Lipinski definition) is 2. The van der Waals surface area contributed by atoms with E-state index >= 15 is 0 Å². The summed E-state index contributed by atoms with van der Waals surface area (Å²) >= 11 is 0. The van der Waals surface area contributed by atoms with Crippen LogP contribution in [0.5, 0.6) is 0 Å². The molecule has 92 valence electrons. The summed E-state index contributed by atoms with van der Waals surface area (Å²) in [5.74, 6) is 0.389. The number of aromatic nitrogens is 1. The largest absolute Gasteiger partial charge is 0.478 e. The van der Waals surface area contributed by atoms with E-state index < -0.39 is 5.97 Å². The van der Waals surface area contributed by atoms with Crippen LogP contribution in [0, 0.1) is 5.92 Å². The fourth-order valence-corrected chi connectivity index (χ4v) is 2.06. The Labute approximate surface area is 100 Å². The lowest BCUT2D eigenvalue weighted by atomic mass is 9.85. The van der Waals surface area contributed by atoms with Crippen LogP contribution in [0.3, 0.4) is 0 Å². The Hall–Kier alpha value is -1.78. The maximum absolute atomic E-state index is 10.8. The number of carboxylic acid groups (broad SMARTS) is 1. The van der Waals surface area contributed by atoms with Crippen LogP contribution in [0.4, 0.5) is 11.5 Å². The molecule has 17 heavy (non-hydrogen) atoms. The van der Waals surface area contributed by atoms with Crippen LogP contribution >= 0.6 is 0 Å². The predicted octanol–water partition coefficient (Wildman–Crippen LogP) is 1.60. The smallest absolute Gasteiger partial charge is 0.337 e. The average molecular weight is 235 g/mol. The molecule has 1 aliphatic carbocycles. The molecule has 0 amide bonds. The molecular weight excluding hydrogens is 218 g/mol. The molecule has 3 N–H and O–H groups in total. The summed E-state index contributed by atoms with van der Waals surface area (Å²) in [6.07, 6.45) is 5.18. The molecule has 0 atom stereocenters. The third-order valence-electron chi connectivity index (χ3n) is 3.26. The highest BCUT2D eigenvalue weighted by atomic mass is 16.4. The van der Waals surface area contributed by atoms with Crippen LogP contribution < -0.4 is 10.6 Å². The average Bonchev–Trinajstić information content (AvgIpc) is 2.22. The second kappa shape index (κ2) is 4.61. The Bertz CT molecular complexity index is 430. The highest BCUT2D eigenvalue weighted by Gasteiger charge is 2.20. The third kappa shape index (κ3) is 2.49. The number of nitrogen functional groups attached to an aromatic ring is 1. The van der Waals surface area contributed by atoms with Crippen LogP contribution in [-0.4, -0.2) is 29.7 Å².